The van der Waals surface area contributed by atoms with Gasteiger partial charge in [0.05, 0.1) is 17.7 Å². The number of primary amides is 1. The van der Waals surface area contributed by atoms with Gasteiger partial charge in [0.1, 0.15) is 12.4 Å². The van der Waals surface area contributed by atoms with Crippen LogP contribution in [0.15, 0.2) is 24.4 Å². The number of nitrogens with two attached hydrogens (primary N) is 1. The van der Waals surface area contributed by atoms with E-state index in [1.807, 2.05) is 13.8 Å². The van der Waals surface area contributed by atoms with E-state index in [1.165, 1.54) is 13.1 Å². The summed E-state index contributed by atoms with van der Waals surface area (Å²) in [4.78, 5) is 27.5. The normalized spacial score (nSPS) is 22.1. The summed E-state index contributed by atoms with van der Waals surface area (Å²) < 4.78 is 25.4. The maximum atomic E-state index is 14.0. The lowest BCUT2D eigenvalue weighted by molar-refractivity contribution is -0.128. The van der Waals surface area contributed by atoms with E-state index in [9.17, 15) is 14.0 Å². The first-order valence-corrected chi connectivity index (χ1v) is 8.69. The number of nitrogens with one attached hydrogen (secondary N) is 1. The summed E-state index contributed by atoms with van der Waals surface area (Å²) >= 11 is 0. The Bertz CT molecular complexity index is 898. The number of aromatic nitrogens is 1. The van der Waals surface area contributed by atoms with Gasteiger partial charge in [-0.05, 0) is 44.4 Å². The first-order chi connectivity index (χ1) is 12.7. The van der Waals surface area contributed by atoms with Gasteiger partial charge in [0.15, 0.2) is 5.67 Å². The van der Waals surface area contributed by atoms with Crippen molar-refractivity contribution in [3.63, 3.8) is 0 Å². The number of amides is 2. The summed E-state index contributed by atoms with van der Waals surface area (Å²) in [6.45, 7) is 5.01. The van der Waals surface area contributed by atoms with E-state index in [0.29, 0.717) is 22.4 Å². The fraction of sp³-hybridized carbons (Fsp3) is 0.421. The minimum Gasteiger partial charge on any atom is -0.490 e. The Kier molecular flexibility index (Phi) is 4.91. The van der Waals surface area contributed by atoms with Gasteiger partial charge in [0.25, 0.3) is 11.8 Å². The fourth-order valence-corrected chi connectivity index (χ4v) is 3.06. The molecular formula is C19H22FN3O4. The van der Waals surface area contributed by atoms with Crippen LogP contribution in [0.5, 0.6) is 11.6 Å². The van der Waals surface area contributed by atoms with E-state index in [0.717, 1.165) is 0 Å². The number of hydrogen-bond donors (Lipinski definition) is 2. The molecule has 2 aromatic rings. The minimum atomic E-state index is -1.89. The van der Waals surface area contributed by atoms with Gasteiger partial charge in [0.2, 0.25) is 5.88 Å². The lowest BCUT2D eigenvalue weighted by Gasteiger charge is -2.16. The highest BCUT2D eigenvalue weighted by Crippen LogP contribution is 2.32. The molecule has 27 heavy (non-hydrogen) atoms. The fourth-order valence-electron chi connectivity index (χ4n) is 3.06. The Labute approximate surface area is 156 Å². The summed E-state index contributed by atoms with van der Waals surface area (Å²) in [5.74, 6) is -0.587. The van der Waals surface area contributed by atoms with Gasteiger partial charge in [-0.2, -0.15) is 0 Å². The van der Waals surface area contributed by atoms with E-state index in [-0.39, 0.29) is 24.7 Å². The third kappa shape index (κ3) is 3.94. The van der Waals surface area contributed by atoms with Crippen LogP contribution in [0.1, 0.15) is 37.6 Å². The zero-order valence-corrected chi connectivity index (χ0v) is 15.4. The molecule has 3 N–H and O–H groups in total. The predicted octanol–water partition coefficient (Wildman–Crippen LogP) is 2.12. The van der Waals surface area contributed by atoms with Crippen LogP contribution >= 0.6 is 0 Å². The molecule has 7 nitrogen and oxygen atoms in total. The molecule has 2 amide bonds. The number of benzene rings is 1. The smallest absolute Gasteiger partial charge is 0.257 e. The number of rotatable bonds is 6. The molecule has 0 saturated carbocycles. The molecule has 1 aromatic heterocycles. The van der Waals surface area contributed by atoms with Gasteiger partial charge in [-0.25, -0.2) is 9.37 Å². The van der Waals surface area contributed by atoms with E-state index in [4.69, 9.17) is 15.2 Å². The minimum absolute atomic E-state index is 0.0319. The summed E-state index contributed by atoms with van der Waals surface area (Å²) in [5, 5.41) is 3.91. The Morgan fingerprint density at radius 3 is 2.81 bits per heavy atom. The number of hydrogen-bond acceptors (Lipinski definition) is 5. The standard InChI is InChI=1S/C19H22FN3O4/c1-10(2)27-15-7-13-11(6-14(15)16(21)24)4-5-22-17(13)26-9-12-8-19(3,20)18(25)23-12/h4-7,10,12H,8-9H2,1-3H3,(H2,21,24)(H,23,25)/t12?,19-/m1/s1. The van der Waals surface area contributed by atoms with Crippen molar-refractivity contribution >= 4 is 22.6 Å². The topological polar surface area (TPSA) is 104 Å². The Hall–Kier alpha value is -2.90. The van der Waals surface area contributed by atoms with Crippen molar-refractivity contribution in [2.45, 2.75) is 45.0 Å². The number of fused-ring (bicyclic) bond motifs is 1. The molecule has 2 atom stereocenters. The molecule has 0 bridgehead atoms. The summed E-state index contributed by atoms with van der Waals surface area (Å²) in [5.41, 5.74) is 3.83. The Balaban J connectivity index is 1.89. The maximum absolute atomic E-state index is 14.0. The van der Waals surface area contributed by atoms with E-state index in [1.54, 1.807) is 18.2 Å². The molecular weight excluding hydrogens is 353 g/mol. The molecule has 0 spiro atoms. The third-order valence-electron chi connectivity index (χ3n) is 4.32. The Morgan fingerprint density at radius 2 is 2.22 bits per heavy atom. The summed E-state index contributed by atoms with van der Waals surface area (Å²) in [6, 6.07) is 4.56. The molecule has 3 rings (SSSR count). The van der Waals surface area contributed by atoms with Crippen molar-refractivity contribution in [1.82, 2.24) is 10.3 Å². The summed E-state index contributed by atoms with van der Waals surface area (Å²) in [6.07, 6.45) is 1.42. The maximum Gasteiger partial charge on any atom is 0.257 e. The highest BCUT2D eigenvalue weighted by Gasteiger charge is 2.43. The zero-order valence-electron chi connectivity index (χ0n) is 15.4. The van der Waals surface area contributed by atoms with Gasteiger partial charge in [-0.15, -0.1) is 0 Å². The first kappa shape index (κ1) is 18.9. The second-order valence-corrected chi connectivity index (χ2v) is 7.10. The molecule has 1 saturated heterocycles. The SMILES string of the molecule is CC(C)Oc1cc2c(OCC3C[C@@](C)(F)C(=O)N3)nccc2cc1C(N)=O. The number of alkyl halides is 1. The van der Waals surface area contributed by atoms with Crippen LogP contribution in [0.4, 0.5) is 4.39 Å². The van der Waals surface area contributed by atoms with Crippen molar-refractivity contribution in [3.8, 4) is 11.6 Å². The lowest BCUT2D eigenvalue weighted by Crippen LogP contribution is -2.33. The lowest BCUT2D eigenvalue weighted by atomic mass is 10.0. The number of halogens is 1. The van der Waals surface area contributed by atoms with Crippen LogP contribution in [0, 0.1) is 0 Å². The van der Waals surface area contributed by atoms with Crippen LogP contribution < -0.4 is 20.5 Å². The highest BCUT2D eigenvalue weighted by molar-refractivity contribution is 6.01. The molecule has 1 aromatic carbocycles. The van der Waals surface area contributed by atoms with Crippen LogP contribution in [0.3, 0.4) is 0 Å². The largest absolute Gasteiger partial charge is 0.490 e. The number of carbonyl (C=O) groups excluding carboxylic acids is 2. The van der Waals surface area contributed by atoms with Crippen LogP contribution in [-0.4, -0.2) is 41.2 Å². The van der Waals surface area contributed by atoms with E-state index in [2.05, 4.69) is 10.3 Å². The van der Waals surface area contributed by atoms with Gasteiger partial charge in [-0.1, -0.05) is 0 Å². The zero-order chi connectivity index (χ0) is 19.8. The third-order valence-corrected chi connectivity index (χ3v) is 4.32. The second kappa shape index (κ2) is 7.02. The molecule has 144 valence electrons. The number of carbonyl (C=O) groups is 2. The van der Waals surface area contributed by atoms with E-state index < -0.39 is 23.5 Å². The van der Waals surface area contributed by atoms with Crippen molar-refractivity contribution in [1.29, 1.82) is 0 Å². The molecule has 8 heteroatoms. The monoisotopic (exact) mass is 375 g/mol. The Morgan fingerprint density at radius 1 is 1.48 bits per heavy atom. The van der Waals surface area contributed by atoms with Crippen molar-refractivity contribution in [2.24, 2.45) is 5.73 Å². The van der Waals surface area contributed by atoms with Crippen LogP contribution in [-0.2, 0) is 4.79 Å². The second-order valence-electron chi connectivity index (χ2n) is 7.10. The van der Waals surface area contributed by atoms with Crippen molar-refractivity contribution < 1.29 is 23.5 Å². The van der Waals surface area contributed by atoms with E-state index >= 15 is 0 Å². The van der Waals surface area contributed by atoms with Gasteiger partial charge in [-0.3, -0.25) is 9.59 Å². The quantitative estimate of drug-likeness (QED) is 0.805. The molecule has 2 heterocycles. The number of pyridine rings is 1. The molecule has 1 aliphatic rings. The molecule has 0 aliphatic carbocycles. The van der Waals surface area contributed by atoms with Gasteiger partial charge >= 0.3 is 0 Å². The molecule has 1 aliphatic heterocycles. The van der Waals surface area contributed by atoms with Crippen molar-refractivity contribution in [2.75, 3.05) is 6.61 Å². The molecule has 1 unspecified atom stereocenters. The number of ether oxygens (including phenoxy) is 2. The summed E-state index contributed by atoms with van der Waals surface area (Å²) in [7, 11) is 0. The average molecular weight is 375 g/mol. The van der Waals surface area contributed by atoms with Crippen molar-refractivity contribution in [3.05, 3.63) is 30.0 Å². The van der Waals surface area contributed by atoms with Crippen LogP contribution in [0.25, 0.3) is 10.8 Å². The highest BCUT2D eigenvalue weighted by atomic mass is 19.1. The van der Waals surface area contributed by atoms with Gasteiger partial charge < -0.3 is 20.5 Å². The predicted molar refractivity (Wildman–Crippen MR) is 97.6 cm³/mol. The molecule has 0 radical (unpaired) electrons. The van der Waals surface area contributed by atoms with Crippen LogP contribution in [0.2, 0.25) is 0 Å². The first-order valence-electron chi connectivity index (χ1n) is 8.69. The average Bonchev–Trinajstić information content (AvgIpc) is 2.84. The van der Waals surface area contributed by atoms with Gasteiger partial charge in [0, 0.05) is 18.0 Å². The number of nitrogens with zero attached hydrogens (tertiary/aromatic N) is 1. The molecule has 1 fully saturated rings.